The molecule has 0 aromatic carbocycles. The summed E-state index contributed by atoms with van der Waals surface area (Å²) in [5.74, 6) is 0.950. The van der Waals surface area contributed by atoms with Crippen molar-refractivity contribution in [3.8, 4) is 0 Å². The number of phosphoric acid groups is 2. The SMILES string of the molecule is CCC(C)CCCCCCCCCCCCCCCCC(=O)O[C@H](COC(=O)CCCCCCCCCCCC(C)C)COP(=O)(O)OCC(O)COP(=O)(O)OC[C@@H](COC(=O)CCCCCCCCCC(C)C)OC(=O)CCCCCCCCCCCCCCC(C)C. The fourth-order valence-corrected chi connectivity index (χ4v) is 13.1. The van der Waals surface area contributed by atoms with Crippen LogP contribution in [0.2, 0.25) is 0 Å². The Morgan fingerprint density at radius 3 is 0.747 bits per heavy atom. The third-order valence-electron chi connectivity index (χ3n) is 17.9. The number of phosphoric ester groups is 2. The lowest BCUT2D eigenvalue weighted by Crippen LogP contribution is -2.30. The summed E-state index contributed by atoms with van der Waals surface area (Å²) in [5, 5.41) is 10.6. The molecule has 0 saturated carbocycles. The van der Waals surface area contributed by atoms with E-state index in [0.717, 1.165) is 114 Å². The lowest BCUT2D eigenvalue weighted by molar-refractivity contribution is -0.161. The van der Waals surface area contributed by atoms with Crippen molar-refractivity contribution in [2.75, 3.05) is 39.6 Å². The van der Waals surface area contributed by atoms with Crippen molar-refractivity contribution in [2.45, 2.75) is 401 Å². The molecule has 0 heterocycles. The molecule has 19 heteroatoms. The van der Waals surface area contributed by atoms with E-state index in [1.54, 1.807) is 0 Å². The highest BCUT2D eigenvalue weighted by atomic mass is 31.2. The predicted octanol–water partition coefficient (Wildman–Crippen LogP) is 22.0. The van der Waals surface area contributed by atoms with Gasteiger partial charge >= 0.3 is 39.5 Å². The Kier molecular flexibility index (Phi) is 64.0. The highest BCUT2D eigenvalue weighted by Crippen LogP contribution is 2.45. The number of carbonyl (C=O) groups excluding carboxylic acids is 4. The molecule has 17 nitrogen and oxygen atoms in total. The highest BCUT2D eigenvalue weighted by Gasteiger charge is 2.30. The second kappa shape index (κ2) is 65.4. The van der Waals surface area contributed by atoms with Crippen LogP contribution in [0.5, 0.6) is 0 Å². The number of aliphatic hydroxyl groups is 1. The van der Waals surface area contributed by atoms with E-state index in [1.165, 1.54) is 180 Å². The summed E-state index contributed by atoms with van der Waals surface area (Å²) in [5.41, 5.74) is 0. The van der Waals surface area contributed by atoms with Crippen molar-refractivity contribution < 1.29 is 80.2 Å². The van der Waals surface area contributed by atoms with Gasteiger partial charge in [-0.1, -0.05) is 331 Å². The van der Waals surface area contributed by atoms with Crippen LogP contribution in [0.1, 0.15) is 383 Å². The Balaban J connectivity index is 5.24. The zero-order chi connectivity index (χ0) is 70.3. The molecule has 95 heavy (non-hydrogen) atoms. The molecule has 0 fully saturated rings. The summed E-state index contributed by atoms with van der Waals surface area (Å²) in [6, 6.07) is 0. The quantitative estimate of drug-likeness (QED) is 0.0222. The summed E-state index contributed by atoms with van der Waals surface area (Å²) in [6.45, 7) is 14.2. The lowest BCUT2D eigenvalue weighted by Gasteiger charge is -2.21. The van der Waals surface area contributed by atoms with Crippen molar-refractivity contribution >= 4 is 39.5 Å². The number of unbranched alkanes of at least 4 members (excludes halogenated alkanes) is 38. The van der Waals surface area contributed by atoms with Gasteiger partial charge in [0.05, 0.1) is 26.4 Å². The van der Waals surface area contributed by atoms with Gasteiger partial charge in [-0.25, -0.2) is 9.13 Å². The van der Waals surface area contributed by atoms with Gasteiger partial charge in [-0.3, -0.25) is 37.3 Å². The molecule has 4 unspecified atom stereocenters. The second-order valence-electron chi connectivity index (χ2n) is 29.1. The third kappa shape index (κ3) is 69.0. The molecule has 0 saturated heterocycles. The largest absolute Gasteiger partial charge is 0.472 e. The van der Waals surface area contributed by atoms with E-state index in [0.29, 0.717) is 31.6 Å². The standard InChI is InChI=1S/C76H148O17P2/c1-9-69(8)55-47-39-31-23-17-12-10-11-13-18-24-33-42-50-58-75(80)92-71(62-86-73(78)56-48-40-32-26-20-22-29-37-45-53-67(4)5)64-90-94(82,83)88-60-70(77)61-89-95(84,85)91-65-72(63-87-74(79)57-49-41-35-27-30-38-46-54-68(6)7)93-76(81)59-51-43-34-25-19-15-14-16-21-28-36-44-52-66(2)3/h66-72,77H,9-65H2,1-8H3,(H,82,83)(H,84,85)/t69?,70?,71-,72-/m1/s1. The molecule has 0 bridgehead atoms. The van der Waals surface area contributed by atoms with Crippen LogP contribution in [0, 0.1) is 23.7 Å². The molecule has 0 aliphatic carbocycles. The number of rotatable bonds is 73. The van der Waals surface area contributed by atoms with Crippen molar-refractivity contribution in [1.29, 1.82) is 0 Å². The Morgan fingerprint density at radius 1 is 0.295 bits per heavy atom. The number of ether oxygens (including phenoxy) is 4. The normalized spacial score (nSPS) is 14.4. The second-order valence-corrected chi connectivity index (χ2v) is 32.0. The van der Waals surface area contributed by atoms with Gasteiger partial charge in [0.15, 0.2) is 12.2 Å². The summed E-state index contributed by atoms with van der Waals surface area (Å²) < 4.78 is 68.5. The van der Waals surface area contributed by atoms with E-state index in [4.69, 9.17) is 37.0 Å². The number of aliphatic hydroxyl groups excluding tert-OH is 1. The molecule has 0 aliphatic rings. The van der Waals surface area contributed by atoms with E-state index in [-0.39, 0.29) is 25.7 Å². The van der Waals surface area contributed by atoms with Gasteiger partial charge in [0.25, 0.3) is 0 Å². The van der Waals surface area contributed by atoms with Crippen LogP contribution in [0.3, 0.4) is 0 Å². The van der Waals surface area contributed by atoms with Gasteiger partial charge in [0, 0.05) is 25.7 Å². The van der Waals surface area contributed by atoms with Gasteiger partial charge in [0.1, 0.15) is 19.3 Å². The summed E-state index contributed by atoms with van der Waals surface area (Å²) >= 11 is 0. The number of hydrogen-bond acceptors (Lipinski definition) is 15. The first-order chi connectivity index (χ1) is 45.6. The maximum Gasteiger partial charge on any atom is 0.472 e. The molecule has 0 aromatic rings. The maximum absolute atomic E-state index is 13.1. The maximum atomic E-state index is 13.1. The Labute approximate surface area is 581 Å². The molecule has 564 valence electrons. The van der Waals surface area contributed by atoms with Crippen LogP contribution in [0.25, 0.3) is 0 Å². The van der Waals surface area contributed by atoms with E-state index in [1.807, 2.05) is 0 Å². The Bertz CT molecular complexity index is 1870. The summed E-state index contributed by atoms with van der Waals surface area (Å²) in [7, 11) is -9.91. The Hall–Kier alpha value is -1.94. The summed E-state index contributed by atoms with van der Waals surface area (Å²) in [4.78, 5) is 72.8. The summed E-state index contributed by atoms with van der Waals surface area (Å²) in [6.07, 6.45) is 49.9. The molecular weight excluding hydrogens is 1250 g/mol. The van der Waals surface area contributed by atoms with Crippen LogP contribution in [-0.2, 0) is 65.4 Å². The van der Waals surface area contributed by atoms with Crippen LogP contribution in [0.4, 0.5) is 0 Å². The van der Waals surface area contributed by atoms with E-state index < -0.39 is 97.5 Å². The Morgan fingerprint density at radius 2 is 0.505 bits per heavy atom. The zero-order valence-corrected chi connectivity index (χ0v) is 64.1. The molecule has 6 atom stereocenters. The van der Waals surface area contributed by atoms with E-state index in [9.17, 15) is 43.2 Å². The minimum atomic E-state index is -4.96. The minimum absolute atomic E-state index is 0.106. The smallest absolute Gasteiger partial charge is 0.462 e. The van der Waals surface area contributed by atoms with Crippen molar-refractivity contribution in [1.82, 2.24) is 0 Å². The molecule has 0 radical (unpaired) electrons. The van der Waals surface area contributed by atoms with Crippen molar-refractivity contribution in [3.05, 3.63) is 0 Å². The van der Waals surface area contributed by atoms with Crippen LogP contribution in [-0.4, -0.2) is 96.7 Å². The molecule has 0 spiro atoms. The fourth-order valence-electron chi connectivity index (χ4n) is 11.5. The average Bonchev–Trinajstić information content (AvgIpc) is 3.74. The van der Waals surface area contributed by atoms with Gasteiger partial charge in [-0.15, -0.1) is 0 Å². The van der Waals surface area contributed by atoms with Crippen molar-refractivity contribution in [3.63, 3.8) is 0 Å². The molecule has 0 amide bonds. The number of esters is 4. The first kappa shape index (κ1) is 93.1. The first-order valence-electron chi connectivity index (χ1n) is 39.2. The van der Waals surface area contributed by atoms with Crippen LogP contribution < -0.4 is 0 Å². The van der Waals surface area contributed by atoms with Gasteiger partial charge < -0.3 is 33.8 Å². The third-order valence-corrected chi connectivity index (χ3v) is 19.8. The van der Waals surface area contributed by atoms with Gasteiger partial charge in [0.2, 0.25) is 0 Å². The number of carbonyl (C=O) groups is 4. The van der Waals surface area contributed by atoms with Crippen LogP contribution in [0.15, 0.2) is 0 Å². The predicted molar refractivity (Wildman–Crippen MR) is 386 cm³/mol. The molecular formula is C76H148O17P2. The fraction of sp³-hybridized carbons (Fsp3) is 0.947. The van der Waals surface area contributed by atoms with E-state index >= 15 is 0 Å². The van der Waals surface area contributed by atoms with Gasteiger partial charge in [-0.05, 0) is 49.4 Å². The van der Waals surface area contributed by atoms with E-state index in [2.05, 4.69) is 55.4 Å². The minimum Gasteiger partial charge on any atom is -0.462 e. The highest BCUT2D eigenvalue weighted by molar-refractivity contribution is 7.47. The molecule has 0 rings (SSSR count). The molecule has 0 aliphatic heterocycles. The van der Waals surface area contributed by atoms with Gasteiger partial charge in [-0.2, -0.15) is 0 Å². The number of hydrogen-bond donors (Lipinski definition) is 3. The molecule has 0 aromatic heterocycles. The average molecular weight is 1400 g/mol. The van der Waals surface area contributed by atoms with Crippen LogP contribution >= 0.6 is 15.6 Å². The lowest BCUT2D eigenvalue weighted by atomic mass is 9.99. The topological polar surface area (TPSA) is 237 Å². The molecule has 3 N–H and O–H groups in total. The van der Waals surface area contributed by atoms with Crippen molar-refractivity contribution in [2.24, 2.45) is 23.7 Å². The monoisotopic (exact) mass is 1400 g/mol. The zero-order valence-electron chi connectivity index (χ0n) is 62.3. The first-order valence-corrected chi connectivity index (χ1v) is 42.2.